The van der Waals surface area contributed by atoms with E-state index in [1.807, 2.05) is 0 Å². The number of hydrogen-bond donors (Lipinski definition) is 0. The Balaban J connectivity index is 2.48. The highest BCUT2D eigenvalue weighted by atomic mass is 15.2. The first-order valence-electron chi connectivity index (χ1n) is 6.78. The number of para-hydroxylation sites is 1. The van der Waals surface area contributed by atoms with Gasteiger partial charge < -0.3 is 4.90 Å². The molecule has 96 valence electrons. The number of anilines is 1. The van der Waals surface area contributed by atoms with Crippen molar-refractivity contribution >= 4 is 5.69 Å². The van der Waals surface area contributed by atoms with Crippen molar-refractivity contribution in [3.05, 3.63) is 29.3 Å². The molecule has 2 heteroatoms. The summed E-state index contributed by atoms with van der Waals surface area (Å²) in [5.41, 5.74) is 4.00. The molecule has 2 nitrogen and oxygen atoms in total. The molecule has 0 amide bonds. The van der Waals surface area contributed by atoms with Gasteiger partial charge in [0.2, 0.25) is 0 Å². The third-order valence-electron chi connectivity index (χ3n) is 4.32. The summed E-state index contributed by atoms with van der Waals surface area (Å²) in [6.07, 6.45) is 2.02. The molecule has 0 aliphatic carbocycles. The Bertz CT molecular complexity index is 482. The monoisotopic (exact) mass is 242 g/mol. The molecule has 18 heavy (non-hydrogen) atoms. The van der Waals surface area contributed by atoms with Crippen LogP contribution in [0.2, 0.25) is 0 Å². The fourth-order valence-corrected chi connectivity index (χ4v) is 3.10. The summed E-state index contributed by atoms with van der Waals surface area (Å²) >= 11 is 0. The Morgan fingerprint density at radius 3 is 2.72 bits per heavy atom. The van der Waals surface area contributed by atoms with E-state index in [1.165, 1.54) is 16.8 Å². The van der Waals surface area contributed by atoms with Crippen LogP contribution in [0.25, 0.3) is 0 Å². The van der Waals surface area contributed by atoms with Crippen LogP contribution in [0.1, 0.15) is 38.3 Å². The molecule has 0 saturated carbocycles. The molecule has 1 fully saturated rings. The third-order valence-corrected chi connectivity index (χ3v) is 4.32. The number of rotatable bonds is 2. The summed E-state index contributed by atoms with van der Waals surface area (Å²) in [5.74, 6) is 0.127. The van der Waals surface area contributed by atoms with Crippen LogP contribution in [0.5, 0.6) is 0 Å². The lowest BCUT2D eigenvalue weighted by atomic mass is 9.89. The molecule has 2 rings (SSSR count). The number of aryl methyl sites for hydroxylation is 2. The summed E-state index contributed by atoms with van der Waals surface area (Å²) in [5, 5.41) is 9.29. The molecule has 0 aromatic heterocycles. The lowest BCUT2D eigenvalue weighted by Gasteiger charge is -2.37. The van der Waals surface area contributed by atoms with Crippen molar-refractivity contribution in [2.24, 2.45) is 5.92 Å². The minimum atomic E-state index is -0.0647. The molecule has 1 aliphatic rings. The molecular weight excluding hydrogens is 220 g/mol. The minimum Gasteiger partial charge on any atom is -0.365 e. The Morgan fingerprint density at radius 2 is 2.17 bits per heavy atom. The van der Waals surface area contributed by atoms with Crippen molar-refractivity contribution in [2.45, 2.75) is 46.1 Å². The van der Waals surface area contributed by atoms with Gasteiger partial charge in [-0.15, -0.1) is 0 Å². The van der Waals surface area contributed by atoms with Gasteiger partial charge in [0.25, 0.3) is 0 Å². The van der Waals surface area contributed by atoms with Gasteiger partial charge in [-0.3, -0.25) is 0 Å². The first-order chi connectivity index (χ1) is 8.52. The Morgan fingerprint density at radius 1 is 1.44 bits per heavy atom. The summed E-state index contributed by atoms with van der Waals surface area (Å²) < 4.78 is 0. The van der Waals surface area contributed by atoms with E-state index < -0.39 is 0 Å². The number of nitriles is 1. The van der Waals surface area contributed by atoms with Crippen molar-refractivity contribution in [2.75, 3.05) is 11.4 Å². The molecule has 1 saturated heterocycles. The highest BCUT2D eigenvalue weighted by molar-refractivity contribution is 5.62. The van der Waals surface area contributed by atoms with E-state index >= 15 is 0 Å². The van der Waals surface area contributed by atoms with Crippen LogP contribution < -0.4 is 4.90 Å². The van der Waals surface area contributed by atoms with Gasteiger partial charge in [0.05, 0.1) is 17.5 Å². The van der Waals surface area contributed by atoms with E-state index in [4.69, 9.17) is 0 Å². The van der Waals surface area contributed by atoms with E-state index in [0.29, 0.717) is 0 Å². The number of benzene rings is 1. The molecule has 1 unspecified atom stereocenters. The topological polar surface area (TPSA) is 27.0 Å². The molecule has 1 aliphatic heterocycles. The van der Waals surface area contributed by atoms with Crippen molar-refractivity contribution < 1.29 is 0 Å². The maximum atomic E-state index is 9.29. The first kappa shape index (κ1) is 13.0. The van der Waals surface area contributed by atoms with Crippen LogP contribution in [0.15, 0.2) is 18.2 Å². The van der Waals surface area contributed by atoms with Gasteiger partial charge in [-0.25, -0.2) is 0 Å². The van der Waals surface area contributed by atoms with E-state index in [9.17, 15) is 5.26 Å². The molecular formula is C16H22N2. The summed E-state index contributed by atoms with van der Waals surface area (Å²) in [4.78, 5) is 2.44. The molecule has 1 heterocycles. The van der Waals surface area contributed by atoms with Crippen LogP contribution in [-0.4, -0.2) is 12.1 Å². The second kappa shape index (κ2) is 4.65. The fraction of sp³-hybridized carbons (Fsp3) is 0.562. The van der Waals surface area contributed by atoms with Crippen LogP contribution in [0.3, 0.4) is 0 Å². The Kier molecular flexibility index (Phi) is 3.34. The van der Waals surface area contributed by atoms with Crippen molar-refractivity contribution in [3.8, 4) is 6.07 Å². The molecule has 0 N–H and O–H groups in total. The van der Waals surface area contributed by atoms with Crippen molar-refractivity contribution in [1.29, 1.82) is 5.26 Å². The van der Waals surface area contributed by atoms with Crippen molar-refractivity contribution in [3.63, 3.8) is 0 Å². The second-order valence-electron chi connectivity index (χ2n) is 5.71. The maximum Gasteiger partial charge on any atom is 0.0706 e. The Labute approximate surface area is 110 Å². The fourth-order valence-electron chi connectivity index (χ4n) is 3.10. The quantitative estimate of drug-likeness (QED) is 0.791. The van der Waals surface area contributed by atoms with Crippen LogP contribution in [-0.2, 0) is 6.42 Å². The zero-order valence-corrected chi connectivity index (χ0v) is 11.8. The van der Waals surface area contributed by atoms with E-state index in [1.54, 1.807) is 0 Å². The summed E-state index contributed by atoms with van der Waals surface area (Å²) in [6.45, 7) is 9.75. The molecule has 1 aromatic carbocycles. The summed E-state index contributed by atoms with van der Waals surface area (Å²) in [6, 6.07) is 8.97. The normalized spacial score (nSPS) is 21.9. The lowest BCUT2D eigenvalue weighted by molar-refractivity contribution is 0.438. The highest BCUT2D eigenvalue weighted by Gasteiger charge is 2.42. The van der Waals surface area contributed by atoms with Gasteiger partial charge in [-0.05, 0) is 44.7 Å². The van der Waals surface area contributed by atoms with E-state index in [-0.39, 0.29) is 11.5 Å². The largest absolute Gasteiger partial charge is 0.365 e. The van der Waals surface area contributed by atoms with Gasteiger partial charge in [0, 0.05) is 12.2 Å². The van der Waals surface area contributed by atoms with Gasteiger partial charge in [0.1, 0.15) is 0 Å². The second-order valence-corrected chi connectivity index (χ2v) is 5.71. The zero-order chi connectivity index (χ0) is 13.3. The maximum absolute atomic E-state index is 9.29. The zero-order valence-electron chi connectivity index (χ0n) is 11.8. The summed E-state index contributed by atoms with van der Waals surface area (Å²) in [7, 11) is 0. The van der Waals surface area contributed by atoms with Crippen molar-refractivity contribution in [1.82, 2.24) is 0 Å². The minimum absolute atomic E-state index is 0.0647. The number of hydrogen-bond acceptors (Lipinski definition) is 2. The number of nitrogens with zero attached hydrogens (tertiary/aromatic N) is 2. The average Bonchev–Trinajstić information content (AvgIpc) is 2.63. The van der Waals surface area contributed by atoms with Gasteiger partial charge in [0.15, 0.2) is 0 Å². The first-order valence-corrected chi connectivity index (χ1v) is 6.78. The average molecular weight is 242 g/mol. The predicted molar refractivity (Wildman–Crippen MR) is 75.7 cm³/mol. The van der Waals surface area contributed by atoms with Crippen LogP contribution in [0.4, 0.5) is 5.69 Å². The standard InChI is InChI=1S/C16H22N2/c1-5-13-8-6-7-12(2)15(13)18-10-9-14(11-17)16(18,3)4/h6-8,14H,5,9-10H2,1-4H3. The van der Waals surface area contributed by atoms with E-state index in [2.05, 4.69) is 56.9 Å². The molecule has 0 bridgehead atoms. The molecule has 0 radical (unpaired) electrons. The molecule has 0 spiro atoms. The third kappa shape index (κ3) is 1.88. The van der Waals surface area contributed by atoms with Gasteiger partial charge in [-0.1, -0.05) is 25.1 Å². The van der Waals surface area contributed by atoms with Crippen LogP contribution >= 0.6 is 0 Å². The lowest BCUT2D eigenvalue weighted by Crippen LogP contribution is -2.43. The molecule has 1 aromatic rings. The smallest absolute Gasteiger partial charge is 0.0706 e. The van der Waals surface area contributed by atoms with Gasteiger partial charge >= 0.3 is 0 Å². The predicted octanol–water partition coefficient (Wildman–Crippen LogP) is 3.69. The van der Waals surface area contributed by atoms with Gasteiger partial charge in [-0.2, -0.15) is 5.26 Å². The SMILES string of the molecule is CCc1cccc(C)c1N1CCC(C#N)C1(C)C. The molecule has 1 atom stereocenters. The van der Waals surface area contributed by atoms with Crippen LogP contribution in [0, 0.1) is 24.2 Å². The Hall–Kier alpha value is -1.49. The highest BCUT2D eigenvalue weighted by Crippen LogP contribution is 2.40. The van der Waals surface area contributed by atoms with E-state index in [0.717, 1.165) is 19.4 Å².